The van der Waals surface area contributed by atoms with Crippen molar-refractivity contribution in [2.75, 3.05) is 109 Å². The number of hydrogen-bond acceptors (Lipinski definition) is 23. The molecular weight excluding hydrogens is 1060 g/mol. The minimum absolute atomic E-state index is 0.00489. The summed E-state index contributed by atoms with van der Waals surface area (Å²) in [6.07, 6.45) is 2.20. The molecule has 3 heterocycles. The maximum Gasteiger partial charge on any atom is 0.333 e. The molecule has 0 saturated carbocycles. The van der Waals surface area contributed by atoms with Crippen molar-refractivity contribution in [3.8, 4) is 0 Å². The maximum absolute atomic E-state index is 14.5. The van der Waals surface area contributed by atoms with Crippen molar-refractivity contribution in [2.45, 2.75) is 85.5 Å². The Kier molecular flexibility index (Phi) is 20.2. The molecule has 3 aliphatic heterocycles. The molecule has 1 fully saturated rings. The average molecular weight is 1130 g/mol. The first-order valence-corrected chi connectivity index (χ1v) is 28.7. The summed E-state index contributed by atoms with van der Waals surface area (Å²) < 4.78 is 142. The zero-order valence-electron chi connectivity index (χ0n) is 42.5. The van der Waals surface area contributed by atoms with Crippen molar-refractivity contribution in [3.05, 3.63) is 82.3 Å². The Bertz CT molecular complexity index is 2930. The van der Waals surface area contributed by atoms with Gasteiger partial charge >= 0.3 is 5.97 Å². The molecule has 76 heavy (non-hydrogen) atoms. The van der Waals surface area contributed by atoms with Gasteiger partial charge in [-0.3, -0.25) is 14.4 Å². The van der Waals surface area contributed by atoms with Crippen molar-refractivity contribution >= 4 is 65.3 Å². The van der Waals surface area contributed by atoms with Gasteiger partial charge in [-0.1, -0.05) is 6.92 Å². The number of methoxy groups -OCH3 is 2. The summed E-state index contributed by atoms with van der Waals surface area (Å²) in [6, 6.07) is 6.46. The highest BCUT2D eigenvalue weighted by atomic mass is 32.2. The Balaban J connectivity index is 1.32. The monoisotopic (exact) mass is 1120 g/mol. The molecule has 0 bridgehead atoms. The van der Waals surface area contributed by atoms with Gasteiger partial charge in [0.25, 0.3) is 11.8 Å². The Labute approximate surface area is 441 Å². The molecular formula is C49H62N3O21S3-3. The minimum atomic E-state index is -5.02. The summed E-state index contributed by atoms with van der Waals surface area (Å²) in [5.74, 6) is -4.19. The molecule has 4 aliphatic rings. The van der Waals surface area contributed by atoms with E-state index in [9.17, 15) is 63.2 Å². The fraction of sp³-hybridized carbons (Fsp3) is 0.551. The van der Waals surface area contributed by atoms with Crippen LogP contribution in [-0.2, 0) is 93.6 Å². The first-order chi connectivity index (χ1) is 35.9. The zero-order valence-corrected chi connectivity index (χ0v) is 45.0. The van der Waals surface area contributed by atoms with Gasteiger partial charge in [-0.2, -0.15) is 0 Å². The predicted molar refractivity (Wildman–Crippen MR) is 265 cm³/mol. The van der Waals surface area contributed by atoms with E-state index >= 15 is 0 Å². The Morgan fingerprint density at radius 3 is 1.79 bits per heavy atom. The van der Waals surface area contributed by atoms with Gasteiger partial charge in [-0.15, -0.1) is 5.06 Å². The topological polar surface area (TPSA) is 334 Å². The lowest BCUT2D eigenvalue weighted by atomic mass is 9.72. The molecule has 27 heteroatoms. The number of benzene rings is 2. The normalized spacial score (nSPS) is 21.9. The fourth-order valence-electron chi connectivity index (χ4n) is 9.70. The zero-order chi connectivity index (χ0) is 55.6. The van der Waals surface area contributed by atoms with E-state index in [1.807, 2.05) is 0 Å². The van der Waals surface area contributed by atoms with Crippen LogP contribution in [0.1, 0.15) is 69.9 Å². The molecule has 0 aromatic heterocycles. The van der Waals surface area contributed by atoms with Crippen molar-refractivity contribution in [3.63, 3.8) is 0 Å². The lowest BCUT2D eigenvalue weighted by molar-refractivity contribution is -0.197. The Morgan fingerprint density at radius 1 is 0.711 bits per heavy atom. The lowest BCUT2D eigenvalue weighted by Crippen LogP contribution is -2.44. The second kappa shape index (κ2) is 25.5. The van der Waals surface area contributed by atoms with E-state index in [1.54, 1.807) is 30.8 Å². The van der Waals surface area contributed by atoms with Crippen LogP contribution in [-0.4, -0.2) is 178 Å². The van der Waals surface area contributed by atoms with Crippen LogP contribution in [0.4, 0.5) is 11.4 Å². The summed E-state index contributed by atoms with van der Waals surface area (Å²) in [5, 5.41) is 12.4. The molecule has 2 aromatic rings. The minimum Gasteiger partial charge on any atom is -0.748 e. The number of hydroxylamine groups is 2. The largest absolute Gasteiger partial charge is 0.748 e. The number of carbonyl (C=O) groups is 4. The van der Waals surface area contributed by atoms with Gasteiger partial charge in [-0.05, 0) is 92.3 Å². The van der Waals surface area contributed by atoms with Gasteiger partial charge in [0.2, 0.25) is 0 Å². The highest BCUT2D eigenvalue weighted by molar-refractivity contribution is 7.86. The van der Waals surface area contributed by atoms with Crippen molar-refractivity contribution in [2.24, 2.45) is 0 Å². The van der Waals surface area contributed by atoms with Gasteiger partial charge in [0.1, 0.15) is 26.0 Å². The number of fused-ring (bicyclic) bond motifs is 2. The third-order valence-electron chi connectivity index (χ3n) is 13.7. The third-order valence-corrected chi connectivity index (χ3v) is 16.1. The SMILES string of the molecule is COCCOCCOCCOCCOCCN1c2ccc(S(=O)(=O)[O-])cc2C(C)(CCCS(=O)(=O)[O-])C1/C=C1\C(=O)C(/C=C2/N(CCCC(=O)ON3C(=O)CCC3=O)c3ccc(S(=O)(=O)[O-])cc3C2(C)CCOC)=C1O. The number of amides is 2. The molecule has 0 spiro atoms. The molecule has 1 N–H and O–H groups in total. The van der Waals surface area contributed by atoms with E-state index in [4.69, 9.17) is 33.3 Å². The van der Waals surface area contributed by atoms with Gasteiger partial charge in [0.05, 0.1) is 96.6 Å². The summed E-state index contributed by atoms with van der Waals surface area (Å²) >= 11 is 0. The lowest BCUT2D eigenvalue weighted by Gasteiger charge is -2.37. The first kappa shape index (κ1) is 60.1. The van der Waals surface area contributed by atoms with E-state index < -0.39 is 92.1 Å². The molecule has 2 amide bonds. The van der Waals surface area contributed by atoms with E-state index in [2.05, 4.69) is 0 Å². The van der Waals surface area contributed by atoms with Crippen LogP contribution in [0.3, 0.4) is 0 Å². The average Bonchev–Trinajstić information content (AvgIpc) is 3.89. The number of nitrogens with zero attached hydrogens (tertiary/aromatic N) is 3. The number of allylic oxidation sites excluding steroid dienone is 4. The van der Waals surface area contributed by atoms with E-state index in [-0.39, 0.29) is 108 Å². The number of aliphatic hydroxyl groups excluding tert-OH is 1. The third kappa shape index (κ3) is 14.3. The summed E-state index contributed by atoms with van der Waals surface area (Å²) in [7, 11) is -11.7. The van der Waals surface area contributed by atoms with E-state index in [1.165, 1.54) is 43.5 Å². The molecule has 24 nitrogen and oxygen atoms in total. The van der Waals surface area contributed by atoms with Crippen LogP contribution < -0.4 is 9.80 Å². The highest BCUT2D eigenvalue weighted by Gasteiger charge is 2.50. The van der Waals surface area contributed by atoms with E-state index in [0.717, 1.165) is 12.1 Å². The van der Waals surface area contributed by atoms with Gasteiger partial charge in [0, 0.05) is 86.8 Å². The summed E-state index contributed by atoms with van der Waals surface area (Å²) in [4.78, 5) is 59.0. The van der Waals surface area contributed by atoms with Crippen LogP contribution in [0, 0.1) is 0 Å². The maximum atomic E-state index is 14.5. The Hall–Kier alpha value is -5.17. The molecule has 6 rings (SSSR count). The molecule has 3 atom stereocenters. The standard InChI is InChI=1S/C49H65N3O21S3/c1-48(14-6-28-74(58,59)60)37-29-33(75(61,62)63)9-11-40(37)51(17-19-69-22-23-71-26-27-72-25-24-70-21-20-68-4)41(48)31-35-46(56)36(47(35)57)32-42-49(2,15-18-67-3)38-30-34(76(64,65)66)8-10-39(38)50(42)16-5-7-45(55)73-52-43(53)12-13-44(52)54/h8-11,29-32,41,56H,5-7,12-28H2,1-4H3,(H,58,59,60)(H,61,62,63)(H,64,65,66)/p-3/b35-31-,42-32+. The van der Waals surface area contributed by atoms with Crippen LogP contribution in [0.2, 0.25) is 0 Å². The smallest absolute Gasteiger partial charge is 0.333 e. The second-order valence-corrected chi connectivity index (χ2v) is 23.0. The number of Topliss-reactive ketones (excluding diaryl/α,β-unsaturated/α-hetero) is 1. The second-order valence-electron chi connectivity index (χ2n) is 18.7. The fourth-order valence-corrected chi connectivity index (χ4v) is 11.2. The van der Waals surface area contributed by atoms with Gasteiger partial charge in [0.15, 0.2) is 5.78 Å². The number of aliphatic hydroxyl groups is 1. The van der Waals surface area contributed by atoms with Crippen LogP contribution in [0.15, 0.2) is 80.9 Å². The van der Waals surface area contributed by atoms with Crippen molar-refractivity contribution < 1.29 is 96.5 Å². The number of hydrogen-bond donors (Lipinski definition) is 1. The molecule has 3 unspecified atom stereocenters. The molecule has 420 valence electrons. The van der Waals surface area contributed by atoms with Gasteiger partial charge in [-0.25, -0.2) is 30.0 Å². The van der Waals surface area contributed by atoms with Crippen LogP contribution in [0.5, 0.6) is 0 Å². The summed E-state index contributed by atoms with van der Waals surface area (Å²) in [6.45, 7) is 6.16. The van der Waals surface area contributed by atoms with Crippen LogP contribution in [0.25, 0.3) is 0 Å². The van der Waals surface area contributed by atoms with Gasteiger partial charge < -0.3 is 61.8 Å². The van der Waals surface area contributed by atoms with E-state index in [0.29, 0.717) is 60.7 Å². The number of imide groups is 1. The van der Waals surface area contributed by atoms with Crippen molar-refractivity contribution in [1.29, 1.82) is 0 Å². The Morgan fingerprint density at radius 2 is 1.25 bits per heavy atom. The predicted octanol–water partition coefficient (Wildman–Crippen LogP) is 2.39. The number of carbonyl (C=O) groups excluding carboxylic acids is 4. The number of ketones is 1. The number of anilines is 2. The molecule has 1 saturated heterocycles. The summed E-state index contributed by atoms with van der Waals surface area (Å²) in [5.41, 5.74) is -1.15. The molecule has 2 aromatic carbocycles. The molecule has 0 radical (unpaired) electrons. The van der Waals surface area contributed by atoms with Crippen LogP contribution >= 0.6 is 0 Å². The molecule has 1 aliphatic carbocycles. The number of ether oxygens (including phenoxy) is 6. The number of rotatable bonds is 31. The quantitative estimate of drug-likeness (QED) is 0.0490. The highest BCUT2D eigenvalue weighted by Crippen LogP contribution is 2.53. The first-order valence-electron chi connectivity index (χ1n) is 24.3. The van der Waals surface area contributed by atoms with Crippen molar-refractivity contribution in [1.82, 2.24) is 5.06 Å².